The van der Waals surface area contributed by atoms with E-state index in [1.807, 2.05) is 6.08 Å². The van der Waals surface area contributed by atoms with E-state index in [4.69, 9.17) is 11.6 Å². The standard InChI is InChI=1S/C9H16ClN/c1-3-5-11-6-4-9(10)8(2)7-11/h3,8-9H,1,4-7H2,2H3. The van der Waals surface area contributed by atoms with Gasteiger partial charge in [-0.25, -0.2) is 0 Å². The minimum Gasteiger partial charge on any atom is -0.299 e. The Morgan fingerprint density at radius 3 is 3.00 bits per heavy atom. The third kappa shape index (κ3) is 2.49. The Morgan fingerprint density at radius 2 is 2.45 bits per heavy atom. The first-order valence-corrected chi connectivity index (χ1v) is 4.65. The highest BCUT2D eigenvalue weighted by Crippen LogP contribution is 2.21. The van der Waals surface area contributed by atoms with Crippen molar-refractivity contribution in [2.75, 3.05) is 19.6 Å². The van der Waals surface area contributed by atoms with Crippen LogP contribution in [0.1, 0.15) is 13.3 Å². The summed E-state index contributed by atoms with van der Waals surface area (Å²) in [5, 5.41) is 0.385. The molecule has 0 aromatic carbocycles. The highest BCUT2D eigenvalue weighted by Gasteiger charge is 2.22. The Bertz CT molecular complexity index is 136. The van der Waals surface area contributed by atoms with Crippen molar-refractivity contribution in [3.05, 3.63) is 12.7 Å². The summed E-state index contributed by atoms with van der Waals surface area (Å²) in [6.45, 7) is 9.20. The molecule has 0 aliphatic carbocycles. The molecule has 1 aliphatic heterocycles. The molecule has 1 heterocycles. The molecule has 2 atom stereocenters. The predicted octanol–water partition coefficient (Wildman–Crippen LogP) is 2.12. The van der Waals surface area contributed by atoms with Crippen LogP contribution in [0.25, 0.3) is 0 Å². The number of hydrogen-bond donors (Lipinski definition) is 0. The lowest BCUT2D eigenvalue weighted by atomic mass is 10.00. The van der Waals surface area contributed by atoms with Gasteiger partial charge < -0.3 is 0 Å². The number of halogens is 1. The summed E-state index contributed by atoms with van der Waals surface area (Å²) in [7, 11) is 0. The maximum atomic E-state index is 6.08. The van der Waals surface area contributed by atoms with Crippen LogP contribution in [0, 0.1) is 5.92 Å². The molecule has 0 amide bonds. The molecule has 2 heteroatoms. The first-order valence-electron chi connectivity index (χ1n) is 4.21. The summed E-state index contributed by atoms with van der Waals surface area (Å²) in [5.41, 5.74) is 0. The molecule has 11 heavy (non-hydrogen) atoms. The molecule has 0 spiro atoms. The van der Waals surface area contributed by atoms with Gasteiger partial charge in [0.05, 0.1) is 0 Å². The summed E-state index contributed by atoms with van der Waals surface area (Å²) in [5.74, 6) is 0.630. The fraction of sp³-hybridized carbons (Fsp3) is 0.778. The Kier molecular flexibility index (Phi) is 3.41. The average Bonchev–Trinajstić information content (AvgIpc) is 1.98. The molecule has 0 bridgehead atoms. The van der Waals surface area contributed by atoms with E-state index in [0.29, 0.717) is 11.3 Å². The number of hydrogen-bond acceptors (Lipinski definition) is 1. The molecule has 0 radical (unpaired) electrons. The van der Waals surface area contributed by atoms with Crippen molar-refractivity contribution in [1.29, 1.82) is 0 Å². The monoisotopic (exact) mass is 173 g/mol. The molecule has 1 aliphatic rings. The van der Waals surface area contributed by atoms with E-state index < -0.39 is 0 Å². The topological polar surface area (TPSA) is 3.24 Å². The minimum atomic E-state index is 0.385. The van der Waals surface area contributed by atoms with Crippen molar-refractivity contribution >= 4 is 11.6 Å². The van der Waals surface area contributed by atoms with Gasteiger partial charge in [-0.1, -0.05) is 13.0 Å². The average molecular weight is 174 g/mol. The van der Waals surface area contributed by atoms with Gasteiger partial charge in [0.2, 0.25) is 0 Å². The van der Waals surface area contributed by atoms with E-state index in [9.17, 15) is 0 Å². The normalized spacial score (nSPS) is 33.6. The van der Waals surface area contributed by atoms with Gasteiger partial charge >= 0.3 is 0 Å². The van der Waals surface area contributed by atoms with E-state index in [2.05, 4.69) is 18.4 Å². The zero-order chi connectivity index (χ0) is 8.27. The van der Waals surface area contributed by atoms with Gasteiger partial charge in [0.25, 0.3) is 0 Å². The molecule has 0 aromatic rings. The van der Waals surface area contributed by atoms with Crippen LogP contribution in [-0.2, 0) is 0 Å². The van der Waals surface area contributed by atoms with E-state index >= 15 is 0 Å². The third-order valence-electron chi connectivity index (χ3n) is 2.27. The van der Waals surface area contributed by atoms with Crippen molar-refractivity contribution in [2.45, 2.75) is 18.7 Å². The second kappa shape index (κ2) is 4.13. The molecule has 64 valence electrons. The summed E-state index contributed by atoms with van der Waals surface area (Å²) in [6, 6.07) is 0. The first-order chi connectivity index (χ1) is 5.24. The quantitative estimate of drug-likeness (QED) is 0.457. The summed E-state index contributed by atoms with van der Waals surface area (Å²) in [4.78, 5) is 2.40. The van der Waals surface area contributed by atoms with Gasteiger partial charge in [0.1, 0.15) is 0 Å². The molecule has 0 aromatic heterocycles. The van der Waals surface area contributed by atoms with Crippen LogP contribution in [0.3, 0.4) is 0 Å². The van der Waals surface area contributed by atoms with Crippen molar-refractivity contribution in [1.82, 2.24) is 4.90 Å². The molecule has 1 nitrogen and oxygen atoms in total. The second-order valence-electron chi connectivity index (χ2n) is 3.33. The molecule has 0 saturated carbocycles. The lowest BCUT2D eigenvalue weighted by Gasteiger charge is -2.33. The highest BCUT2D eigenvalue weighted by atomic mass is 35.5. The third-order valence-corrected chi connectivity index (χ3v) is 2.92. The maximum Gasteiger partial charge on any atom is 0.0386 e. The fourth-order valence-electron chi connectivity index (χ4n) is 1.55. The van der Waals surface area contributed by atoms with Gasteiger partial charge in [0, 0.05) is 18.5 Å². The van der Waals surface area contributed by atoms with Crippen LogP contribution in [0.15, 0.2) is 12.7 Å². The van der Waals surface area contributed by atoms with Gasteiger partial charge in [0.15, 0.2) is 0 Å². The fourth-order valence-corrected chi connectivity index (χ4v) is 1.73. The first kappa shape index (κ1) is 9.08. The molecule has 1 saturated heterocycles. The van der Waals surface area contributed by atoms with Gasteiger partial charge in [-0.2, -0.15) is 0 Å². The van der Waals surface area contributed by atoms with Gasteiger partial charge in [-0.05, 0) is 18.9 Å². The van der Waals surface area contributed by atoms with Crippen LogP contribution in [0.4, 0.5) is 0 Å². The number of nitrogens with zero attached hydrogens (tertiary/aromatic N) is 1. The lowest BCUT2D eigenvalue weighted by Crippen LogP contribution is -2.39. The van der Waals surface area contributed by atoms with Crippen LogP contribution in [0.5, 0.6) is 0 Å². The minimum absolute atomic E-state index is 0.385. The van der Waals surface area contributed by atoms with Crippen LogP contribution in [0.2, 0.25) is 0 Å². The Labute approximate surface area is 74.0 Å². The molecule has 2 unspecified atom stereocenters. The van der Waals surface area contributed by atoms with Crippen LogP contribution >= 0.6 is 11.6 Å². The number of rotatable bonds is 2. The van der Waals surface area contributed by atoms with Crippen molar-refractivity contribution < 1.29 is 0 Å². The van der Waals surface area contributed by atoms with Gasteiger partial charge in [-0.3, -0.25) is 4.90 Å². The highest BCUT2D eigenvalue weighted by molar-refractivity contribution is 6.20. The van der Waals surface area contributed by atoms with E-state index in [0.717, 1.165) is 26.1 Å². The maximum absolute atomic E-state index is 6.08. The van der Waals surface area contributed by atoms with Gasteiger partial charge in [-0.15, -0.1) is 18.2 Å². The Hall–Kier alpha value is -0.0100. The summed E-state index contributed by atoms with van der Waals surface area (Å²) >= 11 is 6.08. The van der Waals surface area contributed by atoms with Crippen molar-refractivity contribution in [2.24, 2.45) is 5.92 Å². The SMILES string of the molecule is C=CCN1CCC(Cl)C(C)C1. The molecular formula is C9H16ClN. The summed E-state index contributed by atoms with van der Waals surface area (Å²) in [6.07, 6.45) is 3.08. The number of likely N-dealkylation sites (tertiary alicyclic amines) is 1. The van der Waals surface area contributed by atoms with E-state index in [1.165, 1.54) is 0 Å². The zero-order valence-electron chi connectivity index (χ0n) is 7.09. The number of alkyl halides is 1. The summed E-state index contributed by atoms with van der Waals surface area (Å²) < 4.78 is 0. The van der Waals surface area contributed by atoms with Crippen LogP contribution < -0.4 is 0 Å². The molecule has 1 fully saturated rings. The lowest BCUT2D eigenvalue weighted by molar-refractivity contribution is 0.205. The Balaban J connectivity index is 2.33. The van der Waals surface area contributed by atoms with Crippen molar-refractivity contribution in [3.63, 3.8) is 0 Å². The second-order valence-corrected chi connectivity index (χ2v) is 3.89. The Morgan fingerprint density at radius 1 is 1.73 bits per heavy atom. The van der Waals surface area contributed by atoms with Crippen molar-refractivity contribution in [3.8, 4) is 0 Å². The molecule has 1 rings (SSSR count). The zero-order valence-corrected chi connectivity index (χ0v) is 7.85. The molecule has 0 N–H and O–H groups in total. The van der Waals surface area contributed by atoms with Crippen LogP contribution in [-0.4, -0.2) is 29.9 Å². The smallest absolute Gasteiger partial charge is 0.0386 e. The van der Waals surface area contributed by atoms with E-state index in [-0.39, 0.29) is 0 Å². The number of piperidine rings is 1. The van der Waals surface area contributed by atoms with E-state index in [1.54, 1.807) is 0 Å². The predicted molar refractivity (Wildman–Crippen MR) is 50.1 cm³/mol. The largest absolute Gasteiger partial charge is 0.299 e. The molecular weight excluding hydrogens is 158 g/mol.